The highest BCUT2D eigenvalue weighted by atomic mass is 35.5. The van der Waals surface area contributed by atoms with Crippen molar-refractivity contribution >= 4 is 17.4 Å². The third kappa shape index (κ3) is 3.48. The van der Waals surface area contributed by atoms with Crippen molar-refractivity contribution in [1.29, 1.82) is 0 Å². The predicted octanol–water partition coefficient (Wildman–Crippen LogP) is 2.17. The molecule has 1 heterocycles. The Bertz CT molecular complexity index is 503. The van der Waals surface area contributed by atoms with Gasteiger partial charge in [-0.3, -0.25) is 4.79 Å². The molecule has 0 aromatic carbocycles. The van der Waals surface area contributed by atoms with E-state index in [0.717, 1.165) is 25.7 Å². The van der Waals surface area contributed by atoms with Gasteiger partial charge >= 0.3 is 0 Å². The Morgan fingerprint density at radius 3 is 2.68 bits per heavy atom. The van der Waals surface area contributed by atoms with Gasteiger partial charge in [-0.1, -0.05) is 25.4 Å². The Morgan fingerprint density at radius 1 is 1.42 bits per heavy atom. The largest absolute Gasteiger partial charge is 0.388 e. The summed E-state index contributed by atoms with van der Waals surface area (Å²) in [7, 11) is 0. The zero-order chi connectivity index (χ0) is 14.1. The summed E-state index contributed by atoms with van der Waals surface area (Å²) in [4.78, 5) is 17.7. The summed E-state index contributed by atoms with van der Waals surface area (Å²) >= 11 is 5.85. The minimum Gasteiger partial charge on any atom is -0.388 e. The van der Waals surface area contributed by atoms with Crippen LogP contribution >= 0.6 is 11.6 Å². The molecule has 0 saturated heterocycles. The number of nitrogens with one attached hydrogen (secondary N) is 2. The zero-order valence-electron chi connectivity index (χ0n) is 11.3. The summed E-state index contributed by atoms with van der Waals surface area (Å²) in [6.45, 7) is 4.80. The number of H-pyrrole nitrogens is 1. The van der Waals surface area contributed by atoms with Crippen LogP contribution < -0.4 is 10.9 Å². The van der Waals surface area contributed by atoms with E-state index in [4.69, 9.17) is 11.6 Å². The van der Waals surface area contributed by atoms with Crippen molar-refractivity contribution in [2.45, 2.75) is 45.1 Å². The number of aromatic amines is 1. The van der Waals surface area contributed by atoms with Crippen LogP contribution in [0.15, 0.2) is 11.1 Å². The number of aliphatic hydroxyl groups is 1. The lowest BCUT2D eigenvalue weighted by Gasteiger charge is -2.40. The van der Waals surface area contributed by atoms with E-state index in [9.17, 15) is 9.90 Å². The summed E-state index contributed by atoms with van der Waals surface area (Å²) in [5.74, 6) is 0.323. The van der Waals surface area contributed by atoms with Crippen molar-refractivity contribution in [1.82, 2.24) is 9.97 Å². The van der Waals surface area contributed by atoms with Crippen LogP contribution in [0.4, 0.5) is 5.82 Å². The smallest absolute Gasteiger partial charge is 0.271 e. The van der Waals surface area contributed by atoms with Crippen molar-refractivity contribution in [2.75, 3.05) is 11.9 Å². The highest BCUT2D eigenvalue weighted by Crippen LogP contribution is 2.40. The van der Waals surface area contributed by atoms with Gasteiger partial charge in [-0.2, -0.15) is 0 Å². The zero-order valence-corrected chi connectivity index (χ0v) is 12.0. The van der Waals surface area contributed by atoms with Crippen LogP contribution in [0.2, 0.25) is 5.02 Å². The fourth-order valence-electron chi connectivity index (χ4n) is 2.32. The van der Waals surface area contributed by atoms with E-state index >= 15 is 0 Å². The van der Waals surface area contributed by atoms with Gasteiger partial charge in [0.15, 0.2) is 5.82 Å². The summed E-state index contributed by atoms with van der Waals surface area (Å²) in [6.07, 6.45) is 4.76. The monoisotopic (exact) mass is 285 g/mol. The topological polar surface area (TPSA) is 78.0 Å². The van der Waals surface area contributed by atoms with Crippen LogP contribution in [0.1, 0.15) is 39.5 Å². The third-order valence-electron chi connectivity index (χ3n) is 3.92. The number of nitrogens with zero attached hydrogens (tertiary/aromatic N) is 1. The molecule has 5 nitrogen and oxygen atoms in total. The summed E-state index contributed by atoms with van der Waals surface area (Å²) < 4.78 is 0. The van der Waals surface area contributed by atoms with Crippen molar-refractivity contribution < 1.29 is 5.11 Å². The second-order valence-corrected chi connectivity index (χ2v) is 6.51. The molecule has 6 heteroatoms. The summed E-state index contributed by atoms with van der Waals surface area (Å²) in [5.41, 5.74) is -0.828. The second-order valence-electron chi connectivity index (χ2n) is 6.14. The molecule has 0 aliphatic heterocycles. The summed E-state index contributed by atoms with van der Waals surface area (Å²) in [6, 6.07) is 0. The molecule has 0 amide bonds. The molecule has 0 unspecified atom stereocenters. The Labute approximate surface area is 117 Å². The van der Waals surface area contributed by atoms with Crippen molar-refractivity contribution in [3.05, 3.63) is 21.7 Å². The van der Waals surface area contributed by atoms with E-state index in [0.29, 0.717) is 17.8 Å². The lowest BCUT2D eigenvalue weighted by molar-refractivity contribution is -0.0145. The molecule has 2 rings (SSSR count). The Morgan fingerprint density at radius 2 is 2.05 bits per heavy atom. The fraction of sp³-hybridized carbons (Fsp3) is 0.692. The number of rotatable bonds is 3. The van der Waals surface area contributed by atoms with Gasteiger partial charge in [0.2, 0.25) is 0 Å². The Kier molecular flexibility index (Phi) is 3.87. The predicted molar refractivity (Wildman–Crippen MR) is 75.6 cm³/mol. The molecule has 1 aromatic rings. The molecule has 0 atom stereocenters. The molecule has 1 fully saturated rings. The minimum atomic E-state index is -0.747. The van der Waals surface area contributed by atoms with Crippen molar-refractivity contribution in [3.63, 3.8) is 0 Å². The molecule has 1 aromatic heterocycles. The van der Waals surface area contributed by atoms with Crippen LogP contribution in [-0.2, 0) is 0 Å². The average Bonchev–Trinajstić information content (AvgIpc) is 2.36. The molecular weight excluding hydrogens is 266 g/mol. The first-order chi connectivity index (χ1) is 8.81. The van der Waals surface area contributed by atoms with Gasteiger partial charge in [-0.15, -0.1) is 0 Å². The van der Waals surface area contributed by atoms with E-state index in [2.05, 4.69) is 29.1 Å². The maximum Gasteiger partial charge on any atom is 0.271 e. The highest BCUT2D eigenvalue weighted by molar-refractivity contribution is 6.32. The highest BCUT2D eigenvalue weighted by Gasteiger charge is 2.36. The van der Waals surface area contributed by atoms with E-state index in [-0.39, 0.29) is 10.6 Å². The van der Waals surface area contributed by atoms with Gasteiger partial charge < -0.3 is 15.4 Å². The van der Waals surface area contributed by atoms with Crippen LogP contribution in [0, 0.1) is 5.41 Å². The molecule has 1 aliphatic carbocycles. The van der Waals surface area contributed by atoms with Crippen LogP contribution in [0.25, 0.3) is 0 Å². The SMILES string of the molecule is CC1(C)CCC(O)(CNc2nc[nH]c(=O)c2Cl)CC1. The van der Waals surface area contributed by atoms with Gasteiger partial charge in [0.1, 0.15) is 5.02 Å². The minimum absolute atomic E-state index is 0.0299. The van der Waals surface area contributed by atoms with Gasteiger partial charge in [-0.25, -0.2) is 4.98 Å². The lowest BCUT2D eigenvalue weighted by Crippen LogP contribution is -2.42. The van der Waals surface area contributed by atoms with Gasteiger partial charge in [0.25, 0.3) is 5.56 Å². The Hall–Kier alpha value is -1.07. The molecule has 1 saturated carbocycles. The molecule has 0 bridgehead atoms. The van der Waals surface area contributed by atoms with Gasteiger partial charge in [0, 0.05) is 6.54 Å². The van der Waals surface area contributed by atoms with E-state index < -0.39 is 5.60 Å². The maximum atomic E-state index is 11.3. The maximum absolute atomic E-state index is 11.3. The second kappa shape index (κ2) is 5.13. The van der Waals surface area contributed by atoms with Crippen molar-refractivity contribution in [2.24, 2.45) is 5.41 Å². The van der Waals surface area contributed by atoms with Crippen molar-refractivity contribution in [3.8, 4) is 0 Å². The molecule has 3 N–H and O–H groups in total. The van der Waals surface area contributed by atoms with E-state index in [1.54, 1.807) is 0 Å². The first-order valence-corrected chi connectivity index (χ1v) is 6.89. The third-order valence-corrected chi connectivity index (χ3v) is 4.27. The molecule has 1 aliphatic rings. The van der Waals surface area contributed by atoms with E-state index in [1.165, 1.54) is 6.33 Å². The first-order valence-electron chi connectivity index (χ1n) is 6.51. The number of anilines is 1. The number of aromatic nitrogens is 2. The molecule has 0 radical (unpaired) electrons. The average molecular weight is 286 g/mol. The van der Waals surface area contributed by atoms with Crippen LogP contribution in [0.5, 0.6) is 0 Å². The number of hydrogen-bond acceptors (Lipinski definition) is 4. The first kappa shape index (κ1) is 14.3. The number of hydrogen-bond donors (Lipinski definition) is 3. The molecular formula is C13H20ClN3O2. The number of halogens is 1. The van der Waals surface area contributed by atoms with Gasteiger partial charge in [0.05, 0.1) is 11.9 Å². The quantitative estimate of drug-likeness (QED) is 0.795. The van der Waals surface area contributed by atoms with E-state index in [1.807, 2.05) is 0 Å². The van der Waals surface area contributed by atoms with Crippen LogP contribution in [0.3, 0.4) is 0 Å². The fourth-order valence-corrected chi connectivity index (χ4v) is 2.49. The lowest BCUT2D eigenvalue weighted by atomic mass is 9.71. The van der Waals surface area contributed by atoms with Crippen LogP contribution in [-0.4, -0.2) is 27.2 Å². The normalized spacial score (nSPS) is 21.1. The van der Waals surface area contributed by atoms with Gasteiger partial charge in [-0.05, 0) is 31.1 Å². The standard InChI is InChI=1S/C13H20ClN3O2/c1-12(2)3-5-13(19,6-4-12)7-15-10-9(14)11(18)17-8-16-10/h8,19H,3-7H2,1-2H3,(H2,15,16,17,18). The molecule has 0 spiro atoms. The summed E-state index contributed by atoms with van der Waals surface area (Å²) in [5, 5.41) is 13.5. The molecule has 106 valence electrons. The Balaban J connectivity index is 1.99. The molecule has 19 heavy (non-hydrogen) atoms.